The van der Waals surface area contributed by atoms with Gasteiger partial charge in [0.05, 0.1) is 13.2 Å². The lowest BCUT2D eigenvalue weighted by atomic mass is 9.92. The molecule has 1 rings (SSSR count). The molecule has 0 aromatic heterocycles. The molecule has 0 spiro atoms. The molecule has 0 aliphatic rings. The summed E-state index contributed by atoms with van der Waals surface area (Å²) in [5.41, 5.74) is 1.55. The molecule has 22 heavy (non-hydrogen) atoms. The van der Waals surface area contributed by atoms with Gasteiger partial charge in [-0.3, -0.25) is 0 Å². The van der Waals surface area contributed by atoms with Crippen molar-refractivity contribution in [2.75, 3.05) is 19.8 Å². The summed E-state index contributed by atoms with van der Waals surface area (Å²) in [5.74, 6) is 0. The zero-order valence-corrected chi connectivity index (χ0v) is 16.0. The highest BCUT2D eigenvalue weighted by Gasteiger charge is 2.14. The molecule has 0 N–H and O–H groups in total. The number of hydrogen-bond donors (Lipinski definition) is 0. The van der Waals surface area contributed by atoms with Gasteiger partial charge in [0, 0.05) is 17.7 Å². The lowest BCUT2D eigenvalue weighted by Gasteiger charge is -2.22. The fourth-order valence-electron chi connectivity index (χ4n) is 1.98. The normalized spacial score (nSPS) is 11.8. The number of halogens is 1. The van der Waals surface area contributed by atoms with E-state index in [4.69, 9.17) is 9.47 Å². The van der Waals surface area contributed by atoms with E-state index in [1.165, 1.54) is 24.8 Å². The molecule has 2 nitrogen and oxygen atoms in total. The van der Waals surface area contributed by atoms with E-state index in [2.05, 4.69) is 61.0 Å². The van der Waals surface area contributed by atoms with Gasteiger partial charge in [0.2, 0.25) is 0 Å². The molecule has 0 unspecified atom stereocenters. The molecule has 0 aliphatic carbocycles. The highest BCUT2D eigenvalue weighted by Crippen LogP contribution is 2.19. The van der Waals surface area contributed by atoms with Gasteiger partial charge in [-0.2, -0.15) is 0 Å². The SMILES string of the molecule is CCC(C)(C)COCCCCCCOCc1ccc(Br)cc1. The Kier molecular flexibility index (Phi) is 10.0. The van der Waals surface area contributed by atoms with Gasteiger partial charge in [0.25, 0.3) is 0 Å². The van der Waals surface area contributed by atoms with Crippen molar-refractivity contribution in [1.29, 1.82) is 0 Å². The van der Waals surface area contributed by atoms with Crippen LogP contribution in [0.2, 0.25) is 0 Å². The average molecular weight is 371 g/mol. The van der Waals surface area contributed by atoms with Gasteiger partial charge in [0.1, 0.15) is 0 Å². The molecular weight excluding hydrogens is 340 g/mol. The van der Waals surface area contributed by atoms with E-state index in [-0.39, 0.29) is 0 Å². The summed E-state index contributed by atoms with van der Waals surface area (Å²) >= 11 is 3.44. The Balaban J connectivity index is 1.88. The van der Waals surface area contributed by atoms with Crippen LogP contribution in [-0.2, 0) is 16.1 Å². The van der Waals surface area contributed by atoms with Crippen LogP contribution in [0.1, 0.15) is 58.4 Å². The maximum Gasteiger partial charge on any atom is 0.0716 e. The largest absolute Gasteiger partial charge is 0.381 e. The van der Waals surface area contributed by atoms with Gasteiger partial charge in [-0.05, 0) is 42.4 Å². The Morgan fingerprint density at radius 1 is 0.909 bits per heavy atom. The molecule has 1 aromatic carbocycles. The van der Waals surface area contributed by atoms with Crippen LogP contribution >= 0.6 is 15.9 Å². The Hall–Kier alpha value is -0.380. The monoisotopic (exact) mass is 370 g/mol. The van der Waals surface area contributed by atoms with Gasteiger partial charge in [-0.25, -0.2) is 0 Å². The fourth-order valence-corrected chi connectivity index (χ4v) is 2.25. The van der Waals surface area contributed by atoms with Crippen LogP contribution in [0.4, 0.5) is 0 Å². The summed E-state index contributed by atoms with van der Waals surface area (Å²) in [4.78, 5) is 0. The number of rotatable bonds is 12. The summed E-state index contributed by atoms with van der Waals surface area (Å²) in [5, 5.41) is 0. The van der Waals surface area contributed by atoms with Crippen LogP contribution in [0.25, 0.3) is 0 Å². The summed E-state index contributed by atoms with van der Waals surface area (Å²) in [6.07, 6.45) is 5.92. The van der Waals surface area contributed by atoms with Crippen molar-refractivity contribution in [2.24, 2.45) is 5.41 Å². The zero-order chi connectivity index (χ0) is 16.3. The van der Waals surface area contributed by atoms with Gasteiger partial charge in [-0.1, -0.05) is 61.7 Å². The molecule has 0 aliphatic heterocycles. The molecule has 0 amide bonds. The van der Waals surface area contributed by atoms with E-state index >= 15 is 0 Å². The number of hydrogen-bond acceptors (Lipinski definition) is 2. The van der Waals surface area contributed by atoms with Crippen LogP contribution in [0.3, 0.4) is 0 Å². The van der Waals surface area contributed by atoms with Crippen molar-refractivity contribution >= 4 is 15.9 Å². The highest BCUT2D eigenvalue weighted by atomic mass is 79.9. The summed E-state index contributed by atoms with van der Waals surface area (Å²) in [6, 6.07) is 8.30. The van der Waals surface area contributed by atoms with Crippen LogP contribution in [0.5, 0.6) is 0 Å². The Morgan fingerprint density at radius 2 is 1.50 bits per heavy atom. The lowest BCUT2D eigenvalue weighted by Crippen LogP contribution is -2.18. The zero-order valence-electron chi connectivity index (χ0n) is 14.4. The third kappa shape index (κ3) is 9.60. The minimum atomic E-state index is 0.320. The second-order valence-electron chi connectivity index (χ2n) is 6.66. The Morgan fingerprint density at radius 3 is 2.09 bits per heavy atom. The van der Waals surface area contributed by atoms with Crippen molar-refractivity contribution in [3.8, 4) is 0 Å². The fraction of sp³-hybridized carbons (Fsp3) is 0.684. The van der Waals surface area contributed by atoms with Crippen molar-refractivity contribution in [1.82, 2.24) is 0 Å². The smallest absolute Gasteiger partial charge is 0.0716 e. The molecule has 0 bridgehead atoms. The molecule has 0 saturated carbocycles. The maximum atomic E-state index is 5.75. The van der Waals surface area contributed by atoms with Crippen molar-refractivity contribution in [2.45, 2.75) is 59.5 Å². The maximum absolute atomic E-state index is 5.75. The molecule has 0 saturated heterocycles. The predicted octanol–water partition coefficient (Wildman–Crippen LogP) is 5.98. The first-order valence-corrected chi connectivity index (χ1v) is 9.23. The minimum absolute atomic E-state index is 0.320. The van der Waals surface area contributed by atoms with Crippen LogP contribution < -0.4 is 0 Å². The number of benzene rings is 1. The topological polar surface area (TPSA) is 18.5 Å². The molecule has 1 aromatic rings. The molecular formula is C19H31BrO2. The number of ether oxygens (including phenoxy) is 2. The second-order valence-corrected chi connectivity index (χ2v) is 7.58. The summed E-state index contributed by atoms with van der Waals surface area (Å²) in [6.45, 7) is 10.1. The van der Waals surface area contributed by atoms with Gasteiger partial charge in [0.15, 0.2) is 0 Å². The van der Waals surface area contributed by atoms with E-state index in [9.17, 15) is 0 Å². The van der Waals surface area contributed by atoms with E-state index in [1.54, 1.807) is 0 Å². The van der Waals surface area contributed by atoms with Gasteiger partial charge in [-0.15, -0.1) is 0 Å². The van der Waals surface area contributed by atoms with E-state index in [1.807, 2.05) is 0 Å². The molecule has 0 radical (unpaired) electrons. The van der Waals surface area contributed by atoms with Crippen LogP contribution in [-0.4, -0.2) is 19.8 Å². The predicted molar refractivity (Wildman–Crippen MR) is 97.2 cm³/mol. The van der Waals surface area contributed by atoms with Crippen molar-refractivity contribution < 1.29 is 9.47 Å². The third-order valence-corrected chi connectivity index (χ3v) is 4.49. The lowest BCUT2D eigenvalue weighted by molar-refractivity contribution is 0.0574. The first-order valence-electron chi connectivity index (χ1n) is 8.43. The summed E-state index contributed by atoms with van der Waals surface area (Å²) in [7, 11) is 0. The van der Waals surface area contributed by atoms with E-state index < -0.39 is 0 Å². The molecule has 0 heterocycles. The molecule has 3 heteroatoms. The van der Waals surface area contributed by atoms with E-state index in [0.29, 0.717) is 12.0 Å². The van der Waals surface area contributed by atoms with Gasteiger partial charge < -0.3 is 9.47 Å². The van der Waals surface area contributed by atoms with Crippen molar-refractivity contribution in [3.63, 3.8) is 0 Å². The Labute approximate surface area is 144 Å². The second kappa shape index (κ2) is 11.2. The number of unbranched alkanes of at least 4 members (excludes halogenated alkanes) is 3. The third-order valence-electron chi connectivity index (χ3n) is 3.96. The average Bonchev–Trinajstić information content (AvgIpc) is 2.51. The summed E-state index contributed by atoms with van der Waals surface area (Å²) < 4.78 is 12.6. The first kappa shape index (κ1) is 19.7. The quantitative estimate of drug-likeness (QED) is 0.421. The Bertz CT molecular complexity index is 387. The highest BCUT2D eigenvalue weighted by molar-refractivity contribution is 9.10. The van der Waals surface area contributed by atoms with Gasteiger partial charge >= 0.3 is 0 Å². The molecule has 0 fully saturated rings. The standard InChI is InChI=1S/C19H31BrO2/c1-4-19(2,3)16-22-14-8-6-5-7-13-21-15-17-9-11-18(20)12-10-17/h9-12H,4-8,13-16H2,1-3H3. The van der Waals surface area contributed by atoms with Crippen molar-refractivity contribution in [3.05, 3.63) is 34.3 Å². The van der Waals surface area contributed by atoms with E-state index in [0.717, 1.165) is 37.1 Å². The minimum Gasteiger partial charge on any atom is -0.381 e. The van der Waals surface area contributed by atoms with Crippen LogP contribution in [0, 0.1) is 5.41 Å². The molecule has 126 valence electrons. The van der Waals surface area contributed by atoms with Crippen LogP contribution in [0.15, 0.2) is 28.7 Å². The first-order chi connectivity index (χ1) is 10.5. The molecule has 0 atom stereocenters.